The number of rotatable bonds is 38. The molecule has 0 saturated carbocycles. The topological polar surface area (TPSA) is 445 Å². The molecule has 2 aromatic rings. The van der Waals surface area contributed by atoms with Crippen LogP contribution in [0.3, 0.4) is 0 Å². The van der Waals surface area contributed by atoms with Gasteiger partial charge in [0.15, 0.2) is 11.6 Å². The molecule has 4 fully saturated rings. The van der Waals surface area contributed by atoms with Crippen molar-refractivity contribution in [2.24, 2.45) is 17.2 Å². The third-order valence-electron chi connectivity index (χ3n) is 13.7. The van der Waals surface area contributed by atoms with Crippen LogP contribution >= 0.6 is 58.3 Å². The molecule has 108 heavy (non-hydrogen) atoms. The van der Waals surface area contributed by atoms with Gasteiger partial charge in [0.1, 0.15) is 16.8 Å². The molecule has 6 rings (SSSR count). The van der Waals surface area contributed by atoms with E-state index in [0.717, 1.165) is 37.2 Å². The molecule has 2 aromatic carbocycles. The van der Waals surface area contributed by atoms with Gasteiger partial charge < -0.3 is 107 Å². The maximum Gasteiger partial charge on any atom is 0.506 e. The van der Waals surface area contributed by atoms with Crippen LogP contribution in [-0.2, 0) is 52.2 Å². The van der Waals surface area contributed by atoms with Crippen LogP contribution in [0.4, 0.5) is 41.5 Å². The Morgan fingerprint density at radius 1 is 0.481 bits per heavy atom. The summed E-state index contributed by atoms with van der Waals surface area (Å²) in [6.07, 6.45) is 2.84. The van der Waals surface area contributed by atoms with Crippen molar-refractivity contribution in [1.82, 2.24) is 37.2 Å². The molecule has 4 aliphatic rings. The number of hydrogen-bond acceptors (Lipinski definition) is 25. The maximum atomic E-state index is 13.4. The first-order valence-corrected chi connectivity index (χ1v) is 37.9. The molecule has 31 nitrogen and oxygen atoms in total. The van der Waals surface area contributed by atoms with Crippen LogP contribution in [-0.4, -0.2) is 245 Å². The smallest absolute Gasteiger partial charge is 0.450 e. The summed E-state index contributed by atoms with van der Waals surface area (Å²) in [4.78, 5) is 111. The molecule has 0 spiro atoms. The number of unbranched alkanes of at least 4 members (excludes halogenated alkanes) is 2. The fraction of sp³-hybridized carbons (Fsp3) is 0.676. The lowest BCUT2D eigenvalue weighted by Gasteiger charge is -2.19. The number of esters is 1. The number of nitrogens with one attached hydrogen (secondary N) is 7. The summed E-state index contributed by atoms with van der Waals surface area (Å²) in [5.41, 5.74) is 14.0. The Morgan fingerprint density at radius 3 is 1.13 bits per heavy atom. The van der Waals surface area contributed by atoms with Gasteiger partial charge in [-0.3, -0.25) is 24.0 Å². The molecule has 7 amide bonds. The van der Waals surface area contributed by atoms with Crippen molar-refractivity contribution in [2.45, 2.75) is 165 Å². The molecule has 0 aliphatic carbocycles. The Labute approximate surface area is 650 Å². The van der Waals surface area contributed by atoms with Crippen LogP contribution in [0.2, 0.25) is 0 Å². The van der Waals surface area contributed by atoms with Crippen LogP contribution in [0.25, 0.3) is 0 Å². The number of alkyl carbamates (subject to hydrolysis) is 2. The summed E-state index contributed by atoms with van der Waals surface area (Å²) in [5, 5.41) is 26.0. The first-order valence-electron chi connectivity index (χ1n) is 34.7. The Hall–Kier alpha value is -6.33. The van der Waals surface area contributed by atoms with Gasteiger partial charge in [-0.2, -0.15) is 32.3 Å². The third kappa shape index (κ3) is 47.7. The minimum absolute atomic E-state index is 0.00725. The number of carboxylic acid groups (broad SMARTS) is 1. The van der Waals surface area contributed by atoms with E-state index in [1.807, 2.05) is 53.3 Å². The van der Waals surface area contributed by atoms with Gasteiger partial charge in [-0.25, -0.2) is 32.8 Å². The molecule has 616 valence electrons. The number of carbonyl (C=O) groups excluding carboxylic acids is 9. The van der Waals surface area contributed by atoms with Crippen LogP contribution in [0.1, 0.15) is 145 Å². The van der Waals surface area contributed by atoms with E-state index in [1.165, 1.54) is 18.2 Å². The normalized spacial score (nSPS) is 17.2. The van der Waals surface area contributed by atoms with E-state index >= 15 is 0 Å². The van der Waals surface area contributed by atoms with Crippen molar-refractivity contribution in [3.63, 3.8) is 0 Å². The molecule has 0 radical (unpaired) electrons. The summed E-state index contributed by atoms with van der Waals surface area (Å²) in [7, 11) is 0. The summed E-state index contributed by atoms with van der Waals surface area (Å²) >= 11 is 19.3. The average molecular weight is 1650 g/mol. The van der Waals surface area contributed by atoms with Crippen LogP contribution < -0.4 is 59.2 Å². The summed E-state index contributed by atoms with van der Waals surface area (Å²) in [5.74, 6) is -7.26. The second kappa shape index (κ2) is 55.1. The van der Waals surface area contributed by atoms with E-state index in [0.29, 0.717) is 143 Å². The van der Waals surface area contributed by atoms with Crippen molar-refractivity contribution in [2.75, 3.05) is 130 Å². The largest absolute Gasteiger partial charge is 0.506 e. The first kappa shape index (κ1) is 99.7. The lowest BCUT2D eigenvalue weighted by Crippen LogP contribution is -2.36. The summed E-state index contributed by atoms with van der Waals surface area (Å²) in [6.45, 7) is 24.9. The molecule has 40 heteroatoms. The highest BCUT2D eigenvalue weighted by molar-refractivity contribution is 8.00. The average Bonchev–Trinajstić information content (AvgIpc) is 1.61. The minimum atomic E-state index is -1.74. The number of halogens is 7. The van der Waals surface area contributed by atoms with Crippen LogP contribution in [0.5, 0.6) is 5.75 Å². The molecule has 0 aromatic heterocycles. The van der Waals surface area contributed by atoms with Gasteiger partial charge in [-0.15, -0.1) is 0 Å². The standard InChI is InChI=1S/C21H38N4O6S.C16H16F4N2O3S.C11H24N2O4.C9H3Cl3O3.C6H16N2O2.C5H10O3/c1-21(2,3)31-20(28)23-9-11-30-13-12-29-10-8-22-17(26)7-5-4-6-16-18-15(14-32-16)24-19(27)25-18;17-7-5-8(18)13(20)15(12(7)19)25-11(23)4-2-1-3-10-14-9(6-26-10)21-16(24)22-14;1-11(2,3)17-10(14)13-5-7-16-9-8-15-6-4-12;10-7(13)4-1-5(8(11)14)3-6(2-4)9(12)15;7-1-3-9-5-6-10-4-2-8;1-5(2,3)8-4(6)7/h15-16,18H,4-14H2,1-3H3,(H,22,26)(H,23,28)(H2,24,25,27);5,9-10,14H,1-4,6H2,(H2,21,22,24);4-9,12H2,1-3H3,(H,13,14);1-3H;1-8H2;1-3H3,(H,6,7). The number of fused-ring (bicyclic) bond motifs is 2. The monoisotopic (exact) mass is 1640 g/mol. The molecule has 4 saturated heterocycles. The Morgan fingerprint density at radius 2 is 0.815 bits per heavy atom. The van der Waals surface area contributed by atoms with Crippen molar-refractivity contribution in [3.8, 4) is 5.75 Å². The van der Waals surface area contributed by atoms with E-state index in [-0.39, 0.29) is 76.6 Å². The second-order valence-electron chi connectivity index (χ2n) is 26.4. The molecule has 6 atom stereocenters. The predicted octanol–water partition coefficient (Wildman–Crippen LogP) is 8.00. The fourth-order valence-corrected chi connectivity index (χ4v) is 12.6. The molecule has 4 aliphatic heterocycles. The third-order valence-corrected chi connectivity index (χ3v) is 17.4. The number of nitrogens with two attached hydrogens (primary N) is 3. The molecule has 6 unspecified atom stereocenters. The number of hydrogen-bond donors (Lipinski definition) is 11. The number of urea groups is 2. The zero-order valence-corrected chi connectivity index (χ0v) is 66.3. The van der Waals surface area contributed by atoms with E-state index < -0.39 is 85.9 Å². The van der Waals surface area contributed by atoms with E-state index in [1.54, 1.807) is 32.5 Å². The van der Waals surface area contributed by atoms with Crippen molar-refractivity contribution >= 4 is 116 Å². The van der Waals surface area contributed by atoms with Crippen LogP contribution in [0, 0.1) is 23.3 Å². The van der Waals surface area contributed by atoms with Gasteiger partial charge >= 0.3 is 36.4 Å². The highest BCUT2D eigenvalue weighted by Gasteiger charge is 2.44. The molecular weight excluding hydrogens is 1540 g/mol. The van der Waals surface area contributed by atoms with E-state index in [4.69, 9.17) is 95.0 Å². The predicted molar refractivity (Wildman–Crippen MR) is 399 cm³/mol. The van der Waals surface area contributed by atoms with Gasteiger partial charge in [0, 0.05) is 96.9 Å². The van der Waals surface area contributed by atoms with Crippen molar-refractivity contribution in [1.29, 1.82) is 0 Å². The van der Waals surface area contributed by atoms with Crippen LogP contribution in [0.15, 0.2) is 24.3 Å². The zero-order chi connectivity index (χ0) is 81.4. The van der Waals surface area contributed by atoms with Crippen molar-refractivity contribution < 1.29 is 118 Å². The number of ether oxygens (including phenoxy) is 10. The summed E-state index contributed by atoms with van der Waals surface area (Å²) < 4.78 is 103. The number of amides is 7. The van der Waals surface area contributed by atoms with Gasteiger partial charge in [0.2, 0.25) is 23.3 Å². The lowest BCUT2D eigenvalue weighted by molar-refractivity contribution is -0.135. The van der Waals surface area contributed by atoms with E-state index in [2.05, 4.69) is 46.7 Å². The minimum Gasteiger partial charge on any atom is -0.450 e. The number of thioether (sulfide) groups is 2. The summed E-state index contributed by atoms with van der Waals surface area (Å²) in [6, 6.07) is 4.01. The maximum absolute atomic E-state index is 13.4. The lowest BCUT2D eigenvalue weighted by atomic mass is 10.0. The van der Waals surface area contributed by atoms with Gasteiger partial charge in [0.05, 0.1) is 103 Å². The zero-order valence-electron chi connectivity index (χ0n) is 62.4. The number of carbonyl (C=O) groups is 10. The number of benzene rings is 2. The molecule has 14 N–H and O–H groups in total. The highest BCUT2D eigenvalue weighted by Crippen LogP contribution is 2.35. The molecular formula is C68H107Cl3F4N10O21S2. The first-order chi connectivity index (χ1) is 50.8. The molecule has 0 bridgehead atoms. The Bertz CT molecular complexity index is 2980. The van der Waals surface area contributed by atoms with Gasteiger partial charge in [0.25, 0.3) is 15.7 Å². The SMILES string of the molecule is CC(C)(C)OC(=O)NCCOCCOCCN.CC(C)(C)OC(=O)NCCOCCOCCNC(=O)CCCCC1SCC2NC(=O)NC21.CC(C)(C)OC(=O)O.NCCOCCOCCN.O=C(Cl)c1cc(C(=O)Cl)cc(C(=O)Cl)c1.O=C1NC2CSC(CCCCC(=O)Oc3c(F)c(F)cc(F)c3F)C2N1. The molecule has 4 heterocycles. The fourth-order valence-electron chi connectivity index (χ4n) is 9.21. The quantitative estimate of drug-likeness (QED) is 0.00443. The van der Waals surface area contributed by atoms with Gasteiger partial charge in [-0.1, -0.05) is 12.8 Å². The van der Waals surface area contributed by atoms with E-state index in [9.17, 15) is 65.5 Å². The van der Waals surface area contributed by atoms with Crippen molar-refractivity contribution in [3.05, 3.63) is 64.2 Å². The highest BCUT2D eigenvalue weighted by atomic mass is 35.5. The Kier molecular flexibility index (Phi) is 50.9. The Balaban J connectivity index is 0.000000688. The second-order valence-corrected chi connectivity index (χ2v) is 29.9. The van der Waals surface area contributed by atoms with Gasteiger partial charge in [-0.05, 0) is 141 Å².